The van der Waals surface area contributed by atoms with Crippen LogP contribution >= 0.6 is 0 Å². The molecule has 0 heterocycles. The van der Waals surface area contributed by atoms with Gasteiger partial charge in [0.15, 0.2) is 15.9 Å². The van der Waals surface area contributed by atoms with Crippen molar-refractivity contribution in [3.8, 4) is 0 Å². The highest BCUT2D eigenvalue weighted by Gasteiger charge is 2.16. The summed E-state index contributed by atoms with van der Waals surface area (Å²) >= 11 is 0. The molecule has 14 heavy (non-hydrogen) atoms. The lowest BCUT2D eigenvalue weighted by molar-refractivity contribution is -0.146. The summed E-state index contributed by atoms with van der Waals surface area (Å²) in [6.45, 7) is -0.510. The Hall–Kier alpha value is -1.15. The number of aliphatic hydroxyl groups excluding tert-OH is 1. The number of carbonyl (C=O) groups excluding carboxylic acids is 1. The van der Waals surface area contributed by atoms with E-state index in [2.05, 4.69) is 0 Å². The minimum absolute atomic E-state index is 0.510. The van der Waals surface area contributed by atoms with E-state index in [1.807, 2.05) is 5.32 Å². The van der Waals surface area contributed by atoms with E-state index in [9.17, 15) is 18.0 Å². The molecule has 1 atom stereocenters. The highest BCUT2D eigenvalue weighted by molar-refractivity contribution is 7.91. The van der Waals surface area contributed by atoms with Gasteiger partial charge in [0.25, 0.3) is 0 Å². The molecule has 8 heteroatoms. The second kappa shape index (κ2) is 4.91. The van der Waals surface area contributed by atoms with Crippen molar-refractivity contribution in [3.05, 3.63) is 0 Å². The number of aliphatic hydroxyl groups is 1. The average Bonchev–Trinajstić information content (AvgIpc) is 1.96. The van der Waals surface area contributed by atoms with Crippen LogP contribution in [0.3, 0.4) is 0 Å². The molecule has 0 aliphatic rings. The van der Waals surface area contributed by atoms with E-state index in [0.717, 1.165) is 6.26 Å². The Morgan fingerprint density at radius 3 is 2.29 bits per heavy atom. The van der Waals surface area contributed by atoms with Gasteiger partial charge in [-0.1, -0.05) is 0 Å². The Bertz CT molecular complexity index is 321. The monoisotopic (exact) mass is 225 g/mol. The molecule has 0 unspecified atom stereocenters. The minimum Gasteiger partial charge on any atom is -0.479 e. The van der Waals surface area contributed by atoms with Gasteiger partial charge in [0.1, 0.15) is 5.75 Å². The van der Waals surface area contributed by atoms with Crippen LogP contribution in [0.5, 0.6) is 0 Å². The molecule has 0 aromatic carbocycles. The third-order valence-electron chi connectivity index (χ3n) is 1.17. The van der Waals surface area contributed by atoms with Gasteiger partial charge in [0.2, 0.25) is 5.91 Å². The molecule has 0 aliphatic heterocycles. The summed E-state index contributed by atoms with van der Waals surface area (Å²) in [4.78, 5) is 20.9. The predicted octanol–water partition coefficient (Wildman–Crippen LogP) is -2.41. The molecule has 0 aromatic heterocycles. The summed E-state index contributed by atoms with van der Waals surface area (Å²) in [7, 11) is -3.43. The van der Waals surface area contributed by atoms with E-state index in [4.69, 9.17) is 10.2 Å². The number of carboxylic acids is 1. The number of carboxylic acid groups (broad SMARTS) is 1. The third-order valence-corrected chi connectivity index (χ3v) is 1.96. The summed E-state index contributed by atoms with van der Waals surface area (Å²) in [6.07, 6.45) is -0.848. The highest BCUT2D eigenvalue weighted by atomic mass is 32.2. The molecule has 82 valence electrons. The number of sulfone groups is 1. The Balaban J connectivity index is 3.93. The summed E-state index contributed by atoms with van der Waals surface area (Å²) in [6, 6.07) is 0. The lowest BCUT2D eigenvalue weighted by atomic mass is 10.3. The van der Waals surface area contributed by atoms with E-state index in [1.165, 1.54) is 0 Å². The largest absolute Gasteiger partial charge is 0.479 e. The zero-order valence-corrected chi connectivity index (χ0v) is 8.24. The van der Waals surface area contributed by atoms with Crippen molar-refractivity contribution >= 4 is 21.7 Å². The lowest BCUT2D eigenvalue weighted by Crippen LogP contribution is -2.38. The number of hydrogen-bond donors (Lipinski definition) is 3. The molecule has 0 saturated heterocycles. The third kappa shape index (κ3) is 6.38. The van der Waals surface area contributed by atoms with Gasteiger partial charge in [-0.2, -0.15) is 0 Å². The highest BCUT2D eigenvalue weighted by Crippen LogP contribution is 1.84. The van der Waals surface area contributed by atoms with Crippen molar-refractivity contribution in [2.45, 2.75) is 6.10 Å². The standard InChI is InChI=1S/C6H11NO6S/c1-14(12,13)3-5(9)7-2-4(8)6(10)11/h4,8H,2-3H2,1H3,(H,7,9)(H,10,11)/t4-/m0/s1. The van der Waals surface area contributed by atoms with Crippen LogP contribution < -0.4 is 5.32 Å². The first-order valence-electron chi connectivity index (χ1n) is 3.57. The summed E-state index contributed by atoms with van der Waals surface area (Å²) in [5, 5.41) is 18.9. The van der Waals surface area contributed by atoms with E-state index >= 15 is 0 Å². The van der Waals surface area contributed by atoms with E-state index in [-0.39, 0.29) is 0 Å². The Morgan fingerprint density at radius 1 is 1.43 bits per heavy atom. The molecule has 0 bridgehead atoms. The van der Waals surface area contributed by atoms with Crippen LogP contribution in [-0.4, -0.2) is 55.2 Å². The van der Waals surface area contributed by atoms with Crippen LogP contribution in [0.2, 0.25) is 0 Å². The van der Waals surface area contributed by atoms with Crippen LogP contribution in [0.15, 0.2) is 0 Å². The van der Waals surface area contributed by atoms with Gasteiger partial charge in [-0.25, -0.2) is 13.2 Å². The van der Waals surface area contributed by atoms with Gasteiger partial charge in [-0.05, 0) is 0 Å². The quantitative estimate of drug-likeness (QED) is 0.479. The number of aliphatic carboxylic acids is 1. The first-order valence-corrected chi connectivity index (χ1v) is 5.63. The molecule has 0 spiro atoms. The van der Waals surface area contributed by atoms with E-state index in [1.54, 1.807) is 0 Å². The number of amides is 1. The van der Waals surface area contributed by atoms with Gasteiger partial charge < -0.3 is 15.5 Å². The van der Waals surface area contributed by atoms with Crippen LogP contribution in [0.4, 0.5) is 0 Å². The second-order valence-electron chi connectivity index (χ2n) is 2.73. The summed E-state index contributed by atoms with van der Waals surface area (Å²) in [5.41, 5.74) is 0. The molecule has 0 rings (SSSR count). The molecule has 0 aliphatic carbocycles. The molecule has 0 fully saturated rings. The summed E-state index contributed by atoms with van der Waals surface area (Å²) < 4.78 is 21.2. The normalized spacial score (nSPS) is 13.3. The fourth-order valence-corrected chi connectivity index (χ4v) is 1.17. The Labute approximate surface area is 80.7 Å². The number of rotatable bonds is 5. The fourth-order valence-electron chi connectivity index (χ4n) is 0.587. The van der Waals surface area contributed by atoms with Crippen molar-refractivity contribution in [1.82, 2.24) is 5.32 Å². The minimum atomic E-state index is -3.43. The van der Waals surface area contributed by atoms with Crippen LogP contribution in [-0.2, 0) is 19.4 Å². The van der Waals surface area contributed by atoms with Gasteiger partial charge in [-0.3, -0.25) is 4.79 Å². The van der Waals surface area contributed by atoms with Crippen molar-refractivity contribution in [3.63, 3.8) is 0 Å². The number of nitrogens with one attached hydrogen (secondary N) is 1. The zero-order valence-electron chi connectivity index (χ0n) is 7.43. The van der Waals surface area contributed by atoms with Crippen molar-refractivity contribution in [2.24, 2.45) is 0 Å². The zero-order chi connectivity index (χ0) is 11.4. The molecular formula is C6H11NO6S. The smallest absolute Gasteiger partial charge is 0.334 e. The topological polar surface area (TPSA) is 121 Å². The molecule has 1 amide bonds. The van der Waals surface area contributed by atoms with Gasteiger partial charge >= 0.3 is 5.97 Å². The van der Waals surface area contributed by atoms with Crippen LogP contribution in [0.1, 0.15) is 0 Å². The maximum atomic E-state index is 10.8. The fraction of sp³-hybridized carbons (Fsp3) is 0.667. The van der Waals surface area contributed by atoms with Crippen molar-refractivity contribution in [2.75, 3.05) is 18.6 Å². The molecule has 7 nitrogen and oxygen atoms in total. The van der Waals surface area contributed by atoms with E-state index in [0.29, 0.717) is 0 Å². The lowest BCUT2D eigenvalue weighted by Gasteiger charge is -2.06. The first-order chi connectivity index (χ1) is 6.22. The molecule has 0 aromatic rings. The van der Waals surface area contributed by atoms with Crippen LogP contribution in [0, 0.1) is 0 Å². The van der Waals surface area contributed by atoms with Crippen LogP contribution in [0.25, 0.3) is 0 Å². The van der Waals surface area contributed by atoms with Gasteiger partial charge in [-0.15, -0.1) is 0 Å². The maximum Gasteiger partial charge on any atom is 0.334 e. The SMILES string of the molecule is CS(=O)(=O)CC(=O)NC[C@H](O)C(=O)O. The molecule has 0 saturated carbocycles. The number of hydrogen-bond acceptors (Lipinski definition) is 5. The van der Waals surface area contributed by atoms with Gasteiger partial charge in [0, 0.05) is 6.26 Å². The first kappa shape index (κ1) is 12.8. The Morgan fingerprint density at radius 2 is 1.93 bits per heavy atom. The van der Waals surface area contributed by atoms with E-state index < -0.39 is 40.1 Å². The second-order valence-corrected chi connectivity index (χ2v) is 4.87. The molecule has 0 radical (unpaired) electrons. The molecular weight excluding hydrogens is 214 g/mol. The van der Waals surface area contributed by atoms with Gasteiger partial charge in [0.05, 0.1) is 6.54 Å². The molecule has 3 N–H and O–H groups in total. The summed E-state index contributed by atoms with van der Waals surface area (Å²) in [5.74, 6) is -3.04. The number of carbonyl (C=O) groups is 2. The Kier molecular flexibility index (Phi) is 4.51. The predicted molar refractivity (Wildman–Crippen MR) is 46.4 cm³/mol. The maximum absolute atomic E-state index is 10.8. The van der Waals surface area contributed by atoms with Crippen molar-refractivity contribution < 1.29 is 28.2 Å². The average molecular weight is 225 g/mol. The van der Waals surface area contributed by atoms with Crippen molar-refractivity contribution in [1.29, 1.82) is 0 Å².